The Morgan fingerprint density at radius 3 is 0.711 bits per heavy atom. The molecular weight excluding hydrogens is 1170 g/mol. The summed E-state index contributed by atoms with van der Waals surface area (Å²) in [6.07, 6.45) is 0. The third-order valence-electron chi connectivity index (χ3n) is 19.2. The highest BCUT2D eigenvalue weighted by atomic mass is 32.1. The third-order valence-corrected chi connectivity index (χ3v) is 23.7. The summed E-state index contributed by atoms with van der Waals surface area (Å²) in [5.41, 5.74) is 10.9. The molecule has 21 aromatic rings. The molecule has 0 N–H and O–H groups in total. The van der Waals surface area contributed by atoms with Gasteiger partial charge in [-0.05, 0) is 97.1 Å². The predicted molar refractivity (Wildman–Crippen MR) is 385 cm³/mol. The van der Waals surface area contributed by atoms with Gasteiger partial charge in [-0.1, -0.05) is 146 Å². The van der Waals surface area contributed by atoms with Crippen molar-refractivity contribution in [1.29, 1.82) is 10.5 Å². The predicted octanol–water partition coefficient (Wildman–Crippen LogP) is 23.3. The van der Waals surface area contributed by atoms with Gasteiger partial charge in [-0.2, -0.15) is 10.5 Å². The molecule has 0 saturated carbocycles. The van der Waals surface area contributed by atoms with Crippen LogP contribution < -0.4 is 0 Å². The molecule has 90 heavy (non-hydrogen) atoms. The Morgan fingerprint density at radius 2 is 0.433 bits per heavy atom. The SMILES string of the molecule is N#Cc1c(-n2c3ccccc3c3cc4sc5ccccc5c4cc32)c(C#N)c(-n2c3ccccc3c3cc4sc5ccccc5c4cc32)c(-n2c3ccccc3c3cc4sc5ccccc5c4cc32)c1-n1c2ccccc2c2cc3sc4ccccc4c3cc21. The van der Waals surface area contributed by atoms with Crippen LogP contribution in [0, 0.1) is 22.7 Å². The van der Waals surface area contributed by atoms with E-state index < -0.39 is 0 Å². The average Bonchev–Trinajstić information content (AvgIpc) is 1.58. The van der Waals surface area contributed by atoms with E-state index in [1.165, 1.54) is 59.1 Å². The van der Waals surface area contributed by atoms with Gasteiger partial charge in [0, 0.05) is 124 Å². The molecule has 10 heteroatoms. The number of para-hydroxylation sites is 4. The molecule has 0 unspecified atom stereocenters. The first-order chi connectivity index (χ1) is 44.6. The van der Waals surface area contributed by atoms with Crippen LogP contribution in [-0.4, -0.2) is 18.3 Å². The lowest BCUT2D eigenvalue weighted by molar-refractivity contribution is 1.02. The van der Waals surface area contributed by atoms with Crippen LogP contribution in [0.2, 0.25) is 0 Å². The average molecular weight is 1210 g/mol. The summed E-state index contributed by atoms with van der Waals surface area (Å²) in [6, 6.07) is 94.4. The van der Waals surface area contributed by atoms with Crippen LogP contribution in [-0.2, 0) is 0 Å². The summed E-state index contributed by atoms with van der Waals surface area (Å²) in [5.74, 6) is 0. The van der Waals surface area contributed by atoms with Crippen molar-refractivity contribution in [3.8, 4) is 34.9 Å². The van der Waals surface area contributed by atoms with Crippen LogP contribution in [0.3, 0.4) is 0 Å². The molecule has 414 valence electrons. The molecule has 0 aliphatic carbocycles. The molecule has 8 heterocycles. The van der Waals surface area contributed by atoms with E-state index in [0.29, 0.717) is 28.2 Å². The summed E-state index contributed by atoms with van der Waals surface area (Å²) < 4.78 is 19.1. The number of benzene rings is 13. The largest absolute Gasteiger partial charge is 0.306 e. The third kappa shape index (κ3) is 6.32. The number of aromatic nitrogens is 4. The van der Waals surface area contributed by atoms with Crippen LogP contribution >= 0.6 is 45.3 Å². The Hall–Kier alpha value is -11.1. The molecule has 0 bridgehead atoms. The Kier molecular flexibility index (Phi) is 9.69. The molecule has 13 aromatic carbocycles. The zero-order valence-electron chi connectivity index (χ0n) is 47.4. The van der Waals surface area contributed by atoms with E-state index in [0.717, 1.165) is 114 Å². The maximum absolute atomic E-state index is 13.1. The molecule has 0 amide bonds. The molecule has 0 atom stereocenters. The molecular formula is C80H40N6S4. The summed E-state index contributed by atoms with van der Waals surface area (Å²) in [7, 11) is 0. The van der Waals surface area contributed by atoms with E-state index in [2.05, 4.69) is 273 Å². The summed E-state index contributed by atoms with van der Waals surface area (Å²) in [5, 5.41) is 44.0. The van der Waals surface area contributed by atoms with Gasteiger partial charge in [-0.15, -0.1) is 45.3 Å². The van der Waals surface area contributed by atoms with E-state index in [1.54, 1.807) is 11.3 Å². The topological polar surface area (TPSA) is 67.3 Å². The molecule has 0 spiro atoms. The van der Waals surface area contributed by atoms with Gasteiger partial charge in [-0.25, -0.2) is 0 Å². The van der Waals surface area contributed by atoms with E-state index in [1.807, 2.05) is 34.0 Å². The van der Waals surface area contributed by atoms with Gasteiger partial charge in [0.1, 0.15) is 23.3 Å². The molecule has 0 radical (unpaired) electrons. The van der Waals surface area contributed by atoms with Gasteiger partial charge >= 0.3 is 0 Å². The first-order valence-electron chi connectivity index (χ1n) is 30.0. The highest BCUT2D eigenvalue weighted by Gasteiger charge is 2.35. The van der Waals surface area contributed by atoms with Gasteiger partial charge in [0.2, 0.25) is 0 Å². The van der Waals surface area contributed by atoms with Crippen molar-refractivity contribution in [1.82, 2.24) is 18.3 Å². The second-order valence-electron chi connectivity index (χ2n) is 23.6. The molecule has 0 fully saturated rings. The Morgan fingerprint density at radius 1 is 0.200 bits per heavy atom. The second kappa shape index (κ2) is 17.8. The Bertz CT molecular complexity index is 6720. The van der Waals surface area contributed by atoms with E-state index in [4.69, 9.17) is 0 Å². The van der Waals surface area contributed by atoms with Gasteiger partial charge < -0.3 is 18.3 Å². The minimum absolute atomic E-state index is 0.376. The fourth-order valence-corrected chi connectivity index (χ4v) is 20.0. The van der Waals surface area contributed by atoms with Crippen molar-refractivity contribution in [3.63, 3.8) is 0 Å². The minimum Gasteiger partial charge on any atom is -0.306 e. The van der Waals surface area contributed by atoms with Crippen molar-refractivity contribution < 1.29 is 0 Å². The van der Waals surface area contributed by atoms with Crippen LogP contribution in [0.5, 0.6) is 0 Å². The number of hydrogen-bond donors (Lipinski definition) is 0. The lowest BCUT2D eigenvalue weighted by Crippen LogP contribution is -2.17. The zero-order valence-corrected chi connectivity index (χ0v) is 50.7. The molecule has 0 aliphatic heterocycles. The summed E-state index contributed by atoms with van der Waals surface area (Å²) in [4.78, 5) is 0. The number of fused-ring (bicyclic) bond motifs is 24. The van der Waals surface area contributed by atoms with Crippen molar-refractivity contribution >= 4 is 213 Å². The van der Waals surface area contributed by atoms with Crippen molar-refractivity contribution in [2.45, 2.75) is 0 Å². The fourth-order valence-electron chi connectivity index (χ4n) is 15.5. The van der Waals surface area contributed by atoms with Crippen molar-refractivity contribution in [2.24, 2.45) is 0 Å². The van der Waals surface area contributed by atoms with Gasteiger partial charge in [0.25, 0.3) is 0 Å². The van der Waals surface area contributed by atoms with Gasteiger partial charge in [0.15, 0.2) is 0 Å². The molecule has 6 nitrogen and oxygen atoms in total. The first-order valence-corrected chi connectivity index (χ1v) is 33.3. The minimum atomic E-state index is 0.376. The Balaban J connectivity index is 1.07. The Labute approximate surface area is 526 Å². The number of nitrogens with zero attached hydrogens (tertiary/aromatic N) is 6. The monoisotopic (exact) mass is 1210 g/mol. The first kappa shape index (κ1) is 49.0. The zero-order chi connectivity index (χ0) is 58.8. The number of hydrogen-bond acceptors (Lipinski definition) is 6. The molecule has 8 aromatic heterocycles. The van der Waals surface area contributed by atoms with Gasteiger partial charge in [-0.3, -0.25) is 0 Å². The van der Waals surface area contributed by atoms with Crippen LogP contribution in [0.4, 0.5) is 0 Å². The van der Waals surface area contributed by atoms with E-state index in [-0.39, 0.29) is 0 Å². The van der Waals surface area contributed by atoms with Gasteiger partial charge in [0.05, 0.1) is 66.9 Å². The summed E-state index contributed by atoms with van der Waals surface area (Å²) in [6.45, 7) is 0. The lowest BCUT2D eigenvalue weighted by Gasteiger charge is -2.27. The highest BCUT2D eigenvalue weighted by Crippen LogP contribution is 2.52. The second-order valence-corrected chi connectivity index (χ2v) is 28.0. The fraction of sp³-hybridized carbons (Fsp3) is 0. The standard InChI is InChI=1S/C80H40N6S4/c81-41-59-77(83-61-25-9-1-17-43(61)51-37-73-55(33-65(51)83)47-21-5-13-29-69(47)87-73)60(42-82)79(85-63-27-11-3-19-45(63)53-39-75-57(35-67(53)85)49-23-7-15-31-71(49)89-75)80(86-64-28-12-4-20-46(64)54-40-76-58(36-68(54)86)50-24-8-16-32-72(50)90-76)78(59)84-62-26-10-2-18-44(62)52-38-74-56(34-66(52)84)48-22-6-14-30-70(48)88-74/h1-40H. The van der Waals surface area contributed by atoms with E-state index >= 15 is 0 Å². The van der Waals surface area contributed by atoms with Crippen LogP contribution in [0.25, 0.3) is 191 Å². The maximum Gasteiger partial charge on any atom is 0.104 e. The van der Waals surface area contributed by atoms with Crippen LogP contribution in [0.15, 0.2) is 243 Å². The molecule has 0 saturated heterocycles. The van der Waals surface area contributed by atoms with Crippen molar-refractivity contribution in [2.75, 3.05) is 0 Å². The normalized spacial score (nSPS) is 12.4. The van der Waals surface area contributed by atoms with Crippen molar-refractivity contribution in [3.05, 3.63) is 254 Å². The van der Waals surface area contributed by atoms with E-state index in [9.17, 15) is 10.5 Å². The summed E-state index contributed by atoms with van der Waals surface area (Å²) >= 11 is 7.24. The number of rotatable bonds is 4. The smallest absolute Gasteiger partial charge is 0.104 e. The van der Waals surface area contributed by atoms with Crippen LogP contribution in [0.1, 0.15) is 11.1 Å². The lowest BCUT2D eigenvalue weighted by atomic mass is 9.98. The highest BCUT2D eigenvalue weighted by molar-refractivity contribution is 7.27. The number of nitriles is 2. The molecule has 0 aliphatic rings. The quantitative estimate of drug-likeness (QED) is 0.176. The number of thiophene rings is 4. The maximum atomic E-state index is 13.1. The molecule has 21 rings (SSSR count).